The molecular weight excluding hydrogens is 214 g/mol. The zero-order valence-corrected chi connectivity index (χ0v) is 11.2. The highest BCUT2D eigenvalue weighted by molar-refractivity contribution is 5.78. The first-order valence-corrected chi connectivity index (χ1v) is 6.87. The van der Waals surface area contributed by atoms with E-state index in [1.54, 1.807) is 0 Å². The average molecular weight is 241 g/mol. The van der Waals surface area contributed by atoms with Crippen LogP contribution in [0, 0.1) is 11.8 Å². The average Bonchev–Trinajstić information content (AvgIpc) is 2.37. The van der Waals surface area contributed by atoms with Crippen LogP contribution in [0.2, 0.25) is 0 Å². The molecule has 0 spiro atoms. The van der Waals surface area contributed by atoms with Gasteiger partial charge < -0.3 is 16.0 Å². The summed E-state index contributed by atoms with van der Waals surface area (Å²) in [7, 11) is 0. The van der Waals surface area contributed by atoms with Crippen molar-refractivity contribution in [2.24, 2.45) is 17.6 Å². The third-order valence-corrected chi connectivity index (χ3v) is 3.61. The quantitative estimate of drug-likeness (QED) is 0.724. The monoisotopic (exact) mass is 241 g/mol. The topological polar surface area (TPSA) is 58.4 Å². The van der Waals surface area contributed by atoms with Gasteiger partial charge in [0.25, 0.3) is 0 Å². The molecule has 0 aliphatic carbocycles. The lowest BCUT2D eigenvalue weighted by Gasteiger charge is -2.31. The largest absolute Gasteiger partial charge is 0.356 e. The van der Waals surface area contributed by atoms with E-state index in [1.165, 1.54) is 38.9 Å². The maximum atomic E-state index is 11.6. The molecule has 0 aromatic carbocycles. The molecule has 17 heavy (non-hydrogen) atoms. The van der Waals surface area contributed by atoms with Crippen molar-refractivity contribution in [3.63, 3.8) is 0 Å². The van der Waals surface area contributed by atoms with Crippen molar-refractivity contribution in [1.29, 1.82) is 0 Å². The minimum absolute atomic E-state index is 0.0600. The second-order valence-corrected chi connectivity index (χ2v) is 5.17. The van der Waals surface area contributed by atoms with Gasteiger partial charge in [0.2, 0.25) is 5.91 Å². The molecule has 100 valence electrons. The van der Waals surface area contributed by atoms with Crippen LogP contribution in [0.3, 0.4) is 0 Å². The van der Waals surface area contributed by atoms with Gasteiger partial charge in [-0.3, -0.25) is 4.79 Å². The van der Waals surface area contributed by atoms with E-state index >= 15 is 0 Å². The lowest BCUT2D eigenvalue weighted by molar-refractivity contribution is -0.124. The Morgan fingerprint density at radius 1 is 1.47 bits per heavy atom. The molecule has 0 bridgehead atoms. The summed E-state index contributed by atoms with van der Waals surface area (Å²) in [5.74, 6) is 0.690. The van der Waals surface area contributed by atoms with Gasteiger partial charge >= 0.3 is 0 Å². The Hall–Kier alpha value is -0.610. The molecule has 4 heteroatoms. The Morgan fingerprint density at radius 2 is 2.12 bits per heavy atom. The van der Waals surface area contributed by atoms with Gasteiger partial charge in [0, 0.05) is 19.0 Å². The van der Waals surface area contributed by atoms with Crippen LogP contribution < -0.4 is 11.1 Å². The molecule has 0 radical (unpaired) electrons. The van der Waals surface area contributed by atoms with Crippen molar-refractivity contribution in [2.75, 3.05) is 32.7 Å². The van der Waals surface area contributed by atoms with Crippen LogP contribution in [0.15, 0.2) is 0 Å². The van der Waals surface area contributed by atoms with Crippen LogP contribution in [0.1, 0.15) is 33.1 Å². The van der Waals surface area contributed by atoms with Crippen molar-refractivity contribution in [3.05, 3.63) is 0 Å². The molecule has 3 N–H and O–H groups in total. The zero-order valence-electron chi connectivity index (χ0n) is 11.2. The molecule has 1 atom stereocenters. The predicted molar refractivity (Wildman–Crippen MR) is 70.7 cm³/mol. The minimum Gasteiger partial charge on any atom is -0.356 e. The molecule has 1 rings (SSSR count). The van der Waals surface area contributed by atoms with Gasteiger partial charge in [-0.25, -0.2) is 0 Å². The third-order valence-electron chi connectivity index (χ3n) is 3.61. The van der Waals surface area contributed by atoms with Crippen LogP contribution in [0.4, 0.5) is 0 Å². The van der Waals surface area contributed by atoms with Crippen LogP contribution in [0.25, 0.3) is 0 Å². The zero-order chi connectivity index (χ0) is 12.7. The summed E-state index contributed by atoms with van der Waals surface area (Å²) in [5.41, 5.74) is 5.47. The van der Waals surface area contributed by atoms with Crippen molar-refractivity contribution < 1.29 is 4.79 Å². The number of piperidine rings is 1. The molecule has 1 heterocycles. The molecule has 1 aliphatic rings. The second-order valence-electron chi connectivity index (χ2n) is 5.17. The van der Waals surface area contributed by atoms with Crippen LogP contribution >= 0.6 is 0 Å². The molecule has 0 aromatic rings. The summed E-state index contributed by atoms with van der Waals surface area (Å²) >= 11 is 0. The minimum atomic E-state index is -0.0600. The highest BCUT2D eigenvalue weighted by Gasteiger charge is 2.19. The molecule has 0 saturated carbocycles. The van der Waals surface area contributed by atoms with E-state index in [9.17, 15) is 4.79 Å². The molecule has 1 aliphatic heterocycles. The predicted octanol–water partition coefficient (Wildman–Crippen LogP) is 0.819. The van der Waals surface area contributed by atoms with Gasteiger partial charge in [-0.1, -0.05) is 13.8 Å². The number of nitrogens with one attached hydrogen (secondary N) is 1. The van der Waals surface area contributed by atoms with E-state index in [4.69, 9.17) is 5.73 Å². The van der Waals surface area contributed by atoms with Gasteiger partial charge in [0.15, 0.2) is 0 Å². The normalized spacial score (nSPS) is 20.2. The number of carbonyl (C=O) groups is 1. The lowest BCUT2D eigenvalue weighted by Crippen LogP contribution is -2.41. The highest BCUT2D eigenvalue weighted by Crippen LogP contribution is 2.16. The number of likely N-dealkylation sites (tertiary alicyclic amines) is 1. The van der Waals surface area contributed by atoms with E-state index in [-0.39, 0.29) is 11.8 Å². The standard InChI is InChI=1S/C13H27N3O/c1-3-6-16-7-4-12(5-8-16)10-15-13(17)11(2)9-14/h11-12H,3-10,14H2,1-2H3,(H,15,17). The summed E-state index contributed by atoms with van der Waals surface area (Å²) < 4.78 is 0. The van der Waals surface area contributed by atoms with Crippen molar-refractivity contribution in [1.82, 2.24) is 10.2 Å². The van der Waals surface area contributed by atoms with Gasteiger partial charge in [-0.2, -0.15) is 0 Å². The fourth-order valence-electron chi connectivity index (χ4n) is 2.26. The Labute approximate surface area is 105 Å². The molecule has 1 saturated heterocycles. The van der Waals surface area contributed by atoms with Gasteiger partial charge in [-0.15, -0.1) is 0 Å². The summed E-state index contributed by atoms with van der Waals surface area (Å²) in [4.78, 5) is 14.1. The molecule has 0 aromatic heterocycles. The number of nitrogens with two attached hydrogens (primary N) is 1. The van der Waals surface area contributed by atoms with E-state index in [1.807, 2.05) is 6.92 Å². The van der Waals surface area contributed by atoms with Crippen LogP contribution in [-0.4, -0.2) is 43.5 Å². The number of nitrogens with zero attached hydrogens (tertiary/aromatic N) is 1. The third kappa shape index (κ3) is 5.04. The number of rotatable bonds is 6. The fourth-order valence-corrected chi connectivity index (χ4v) is 2.26. The number of amides is 1. The maximum absolute atomic E-state index is 11.6. The van der Waals surface area contributed by atoms with Crippen molar-refractivity contribution >= 4 is 5.91 Å². The lowest BCUT2D eigenvalue weighted by atomic mass is 9.96. The van der Waals surface area contributed by atoms with Gasteiger partial charge in [0.1, 0.15) is 0 Å². The van der Waals surface area contributed by atoms with Crippen LogP contribution in [-0.2, 0) is 4.79 Å². The fraction of sp³-hybridized carbons (Fsp3) is 0.923. The highest BCUT2D eigenvalue weighted by atomic mass is 16.1. The summed E-state index contributed by atoms with van der Waals surface area (Å²) in [6.45, 7) is 8.93. The Balaban J connectivity index is 2.16. The number of hydrogen-bond donors (Lipinski definition) is 2. The number of hydrogen-bond acceptors (Lipinski definition) is 3. The Bertz CT molecular complexity index is 225. The number of carbonyl (C=O) groups excluding carboxylic acids is 1. The second kappa shape index (κ2) is 7.67. The SMILES string of the molecule is CCCN1CCC(CNC(=O)C(C)CN)CC1. The summed E-state index contributed by atoms with van der Waals surface area (Å²) in [6.07, 6.45) is 3.64. The first kappa shape index (κ1) is 14.5. The first-order valence-electron chi connectivity index (χ1n) is 6.87. The van der Waals surface area contributed by atoms with E-state index in [0.29, 0.717) is 12.5 Å². The van der Waals surface area contributed by atoms with E-state index in [0.717, 1.165) is 6.54 Å². The van der Waals surface area contributed by atoms with Gasteiger partial charge in [-0.05, 0) is 44.8 Å². The maximum Gasteiger partial charge on any atom is 0.224 e. The Kier molecular flexibility index (Phi) is 6.52. The van der Waals surface area contributed by atoms with E-state index in [2.05, 4.69) is 17.1 Å². The van der Waals surface area contributed by atoms with Crippen molar-refractivity contribution in [3.8, 4) is 0 Å². The Morgan fingerprint density at radius 3 is 2.65 bits per heavy atom. The molecule has 1 unspecified atom stereocenters. The van der Waals surface area contributed by atoms with E-state index < -0.39 is 0 Å². The molecule has 4 nitrogen and oxygen atoms in total. The summed E-state index contributed by atoms with van der Waals surface area (Å²) in [6, 6.07) is 0. The van der Waals surface area contributed by atoms with Gasteiger partial charge in [0.05, 0.1) is 0 Å². The molecule has 1 amide bonds. The van der Waals surface area contributed by atoms with Crippen LogP contribution in [0.5, 0.6) is 0 Å². The molecular formula is C13H27N3O. The smallest absolute Gasteiger partial charge is 0.224 e. The molecule has 1 fully saturated rings. The first-order chi connectivity index (χ1) is 8.17. The summed E-state index contributed by atoms with van der Waals surface area (Å²) in [5, 5.41) is 3.01. The van der Waals surface area contributed by atoms with Crippen molar-refractivity contribution in [2.45, 2.75) is 33.1 Å².